The Morgan fingerprint density at radius 1 is 1.24 bits per heavy atom. The van der Waals surface area contributed by atoms with Crippen LogP contribution in [-0.4, -0.2) is 37.3 Å². The molecule has 1 aliphatic heterocycles. The second-order valence-corrected chi connectivity index (χ2v) is 6.10. The summed E-state index contributed by atoms with van der Waals surface area (Å²) in [5.41, 5.74) is 0. The number of rotatable bonds is 5. The number of benzene rings is 1. The summed E-state index contributed by atoms with van der Waals surface area (Å²) in [6.45, 7) is 3.63. The zero-order chi connectivity index (χ0) is 14.5. The number of anilines is 1. The Bertz CT molecular complexity index is 599. The molecule has 21 heavy (non-hydrogen) atoms. The molecule has 0 aliphatic carbocycles. The zero-order valence-corrected chi connectivity index (χ0v) is 13.5. The molecule has 5 heteroatoms. The van der Waals surface area contributed by atoms with Crippen LogP contribution >= 0.6 is 15.9 Å². The van der Waals surface area contributed by atoms with Crippen LogP contribution in [0.15, 0.2) is 34.9 Å². The average molecular weight is 350 g/mol. The fourth-order valence-electron chi connectivity index (χ4n) is 2.67. The minimum atomic E-state index is 0.405. The van der Waals surface area contributed by atoms with Crippen molar-refractivity contribution in [3.05, 3.63) is 34.9 Å². The van der Waals surface area contributed by atoms with Gasteiger partial charge in [-0.05, 0) is 38.1 Å². The Morgan fingerprint density at radius 3 is 2.95 bits per heavy atom. The molecule has 1 aromatic heterocycles. The van der Waals surface area contributed by atoms with E-state index in [9.17, 15) is 0 Å². The van der Waals surface area contributed by atoms with Crippen molar-refractivity contribution in [2.24, 2.45) is 0 Å². The molecule has 1 aromatic carbocycles. The minimum Gasteiger partial charge on any atom is -0.376 e. The van der Waals surface area contributed by atoms with Gasteiger partial charge >= 0.3 is 0 Å². The zero-order valence-electron chi connectivity index (χ0n) is 11.9. The number of halogens is 1. The molecule has 2 heterocycles. The van der Waals surface area contributed by atoms with Crippen LogP contribution in [0.1, 0.15) is 12.8 Å². The Balaban J connectivity index is 1.57. The second kappa shape index (κ2) is 7.20. The van der Waals surface area contributed by atoms with Gasteiger partial charge in [0.25, 0.3) is 0 Å². The van der Waals surface area contributed by atoms with Gasteiger partial charge in [0.05, 0.1) is 12.7 Å². The lowest BCUT2D eigenvalue weighted by atomic mass is 10.1. The molecule has 1 aliphatic rings. The number of fused-ring (bicyclic) bond motifs is 1. The summed E-state index contributed by atoms with van der Waals surface area (Å²) in [5, 5.41) is 9.04. The maximum absolute atomic E-state index is 5.90. The van der Waals surface area contributed by atoms with Gasteiger partial charge in [-0.2, -0.15) is 0 Å². The minimum absolute atomic E-state index is 0.405. The Kier molecular flexibility index (Phi) is 5.06. The van der Waals surface area contributed by atoms with Gasteiger partial charge in [-0.25, -0.2) is 4.98 Å². The van der Waals surface area contributed by atoms with Gasteiger partial charge in [0, 0.05) is 28.0 Å². The quantitative estimate of drug-likeness (QED) is 0.813. The van der Waals surface area contributed by atoms with Crippen LogP contribution < -0.4 is 10.6 Å². The van der Waals surface area contributed by atoms with Crippen LogP contribution in [0.25, 0.3) is 10.8 Å². The first kappa shape index (κ1) is 14.8. The molecule has 2 aromatic rings. The maximum atomic E-state index is 5.90. The molecule has 1 fully saturated rings. The standard InChI is InChI=1S/C16H20BrN3O/c17-15-3-1-2-14-13(15)6-9-19-16(14)20-10-11-21-12-4-7-18-8-5-12/h1-3,6,9,12,18H,4-5,7-8,10-11H2,(H,19,20). The van der Waals surface area contributed by atoms with Crippen LogP contribution in [0.4, 0.5) is 5.82 Å². The van der Waals surface area contributed by atoms with E-state index >= 15 is 0 Å². The van der Waals surface area contributed by atoms with Crippen LogP contribution in [-0.2, 0) is 4.74 Å². The summed E-state index contributed by atoms with van der Waals surface area (Å²) < 4.78 is 6.99. The van der Waals surface area contributed by atoms with E-state index in [0.717, 1.165) is 54.8 Å². The topological polar surface area (TPSA) is 46.2 Å². The molecule has 0 radical (unpaired) electrons. The van der Waals surface area contributed by atoms with E-state index in [1.807, 2.05) is 24.4 Å². The predicted octanol–water partition coefficient (Wildman–Crippen LogP) is 3.18. The molecule has 112 valence electrons. The molecule has 0 unspecified atom stereocenters. The highest BCUT2D eigenvalue weighted by molar-refractivity contribution is 9.10. The molecule has 4 nitrogen and oxygen atoms in total. The first-order chi connectivity index (χ1) is 10.3. The number of piperidine rings is 1. The smallest absolute Gasteiger partial charge is 0.133 e. The van der Waals surface area contributed by atoms with Crippen molar-refractivity contribution in [3.8, 4) is 0 Å². The SMILES string of the molecule is Brc1cccc2c(NCCOC3CCNCC3)nccc12. The number of ether oxygens (including phenoxy) is 1. The van der Waals surface area contributed by atoms with Gasteiger partial charge in [-0.1, -0.05) is 28.1 Å². The first-order valence-electron chi connectivity index (χ1n) is 7.44. The van der Waals surface area contributed by atoms with Crippen LogP contribution in [0.5, 0.6) is 0 Å². The molecule has 0 atom stereocenters. The van der Waals surface area contributed by atoms with Gasteiger partial charge in [0.15, 0.2) is 0 Å². The summed E-state index contributed by atoms with van der Waals surface area (Å²) >= 11 is 3.58. The first-order valence-corrected chi connectivity index (χ1v) is 8.23. The van der Waals surface area contributed by atoms with E-state index in [-0.39, 0.29) is 0 Å². The highest BCUT2D eigenvalue weighted by atomic mass is 79.9. The van der Waals surface area contributed by atoms with Crippen LogP contribution in [0.3, 0.4) is 0 Å². The summed E-state index contributed by atoms with van der Waals surface area (Å²) in [7, 11) is 0. The molecule has 3 rings (SSSR count). The monoisotopic (exact) mass is 349 g/mol. The summed E-state index contributed by atoms with van der Waals surface area (Å²) in [6, 6.07) is 8.19. The lowest BCUT2D eigenvalue weighted by molar-refractivity contribution is 0.0394. The average Bonchev–Trinajstić information content (AvgIpc) is 2.53. The lowest BCUT2D eigenvalue weighted by Gasteiger charge is -2.23. The van der Waals surface area contributed by atoms with Crippen LogP contribution in [0.2, 0.25) is 0 Å². The Morgan fingerprint density at radius 2 is 2.10 bits per heavy atom. The van der Waals surface area contributed by atoms with Gasteiger partial charge in [-0.15, -0.1) is 0 Å². The van der Waals surface area contributed by atoms with E-state index in [4.69, 9.17) is 4.74 Å². The number of aromatic nitrogens is 1. The van der Waals surface area contributed by atoms with Gasteiger partial charge in [0.1, 0.15) is 5.82 Å². The number of nitrogens with one attached hydrogen (secondary N) is 2. The van der Waals surface area contributed by atoms with Gasteiger partial charge in [-0.3, -0.25) is 0 Å². The molecule has 0 saturated carbocycles. The van der Waals surface area contributed by atoms with Crippen molar-refractivity contribution >= 4 is 32.5 Å². The predicted molar refractivity (Wildman–Crippen MR) is 89.8 cm³/mol. The second-order valence-electron chi connectivity index (χ2n) is 5.24. The number of pyridine rings is 1. The third-order valence-electron chi connectivity index (χ3n) is 3.79. The fraction of sp³-hybridized carbons (Fsp3) is 0.438. The van der Waals surface area contributed by atoms with Crippen molar-refractivity contribution in [2.45, 2.75) is 18.9 Å². The summed E-state index contributed by atoms with van der Waals surface area (Å²) in [4.78, 5) is 4.43. The van der Waals surface area contributed by atoms with Crippen molar-refractivity contribution in [1.82, 2.24) is 10.3 Å². The molecule has 0 bridgehead atoms. The van der Waals surface area contributed by atoms with Crippen LogP contribution in [0, 0.1) is 0 Å². The highest BCUT2D eigenvalue weighted by Crippen LogP contribution is 2.27. The van der Waals surface area contributed by atoms with Crippen molar-refractivity contribution in [1.29, 1.82) is 0 Å². The summed E-state index contributed by atoms with van der Waals surface area (Å²) in [5.74, 6) is 0.919. The maximum Gasteiger partial charge on any atom is 0.133 e. The van der Waals surface area contributed by atoms with E-state index in [1.54, 1.807) is 0 Å². The number of hydrogen-bond donors (Lipinski definition) is 2. The Hall–Kier alpha value is -1.17. The van der Waals surface area contributed by atoms with E-state index in [1.165, 1.54) is 5.39 Å². The number of nitrogens with zero attached hydrogens (tertiary/aromatic N) is 1. The van der Waals surface area contributed by atoms with Gasteiger partial charge in [0.2, 0.25) is 0 Å². The number of hydrogen-bond acceptors (Lipinski definition) is 4. The van der Waals surface area contributed by atoms with Crippen molar-refractivity contribution in [2.75, 3.05) is 31.6 Å². The lowest BCUT2D eigenvalue weighted by Crippen LogP contribution is -2.33. The normalized spacial score (nSPS) is 16.2. The molecule has 0 spiro atoms. The third-order valence-corrected chi connectivity index (χ3v) is 4.48. The van der Waals surface area contributed by atoms with E-state index < -0.39 is 0 Å². The fourth-order valence-corrected chi connectivity index (χ4v) is 3.17. The van der Waals surface area contributed by atoms with E-state index in [0.29, 0.717) is 6.10 Å². The van der Waals surface area contributed by atoms with Gasteiger partial charge < -0.3 is 15.4 Å². The molecule has 2 N–H and O–H groups in total. The molecular weight excluding hydrogens is 330 g/mol. The highest BCUT2D eigenvalue weighted by Gasteiger charge is 2.12. The third kappa shape index (κ3) is 3.73. The molecule has 1 saturated heterocycles. The van der Waals surface area contributed by atoms with E-state index in [2.05, 4.69) is 37.6 Å². The van der Waals surface area contributed by atoms with Crippen molar-refractivity contribution < 1.29 is 4.74 Å². The molecule has 0 amide bonds. The molecular formula is C16H20BrN3O. The largest absolute Gasteiger partial charge is 0.376 e. The Labute approximate surface area is 133 Å². The summed E-state index contributed by atoms with van der Waals surface area (Å²) in [6.07, 6.45) is 4.46. The van der Waals surface area contributed by atoms with Crippen molar-refractivity contribution in [3.63, 3.8) is 0 Å².